The standard InChI is InChI=1S/C22H29N3O4S/c1-17(18-6-8-19(9-7-18)24-14-4-5-15-24)23-22(26)16-25(30(3,27)28)20-10-12-21(29-2)13-11-20/h6-13,17H,4-5,14-16H2,1-3H3,(H,23,26). The topological polar surface area (TPSA) is 79.0 Å². The number of hydrogen-bond donors (Lipinski definition) is 1. The molecule has 2 aromatic rings. The SMILES string of the molecule is COc1ccc(N(CC(=O)NC(C)c2ccc(N3CCCC3)cc2)S(C)(=O)=O)cc1. The van der Waals surface area contributed by atoms with E-state index in [9.17, 15) is 13.2 Å². The zero-order chi connectivity index (χ0) is 21.7. The average Bonchev–Trinajstić information content (AvgIpc) is 3.26. The molecule has 1 heterocycles. The first kappa shape index (κ1) is 22.0. The number of anilines is 2. The van der Waals surface area contributed by atoms with Gasteiger partial charge in [-0.3, -0.25) is 9.10 Å². The highest BCUT2D eigenvalue weighted by molar-refractivity contribution is 7.92. The summed E-state index contributed by atoms with van der Waals surface area (Å²) in [4.78, 5) is 15.0. The van der Waals surface area contributed by atoms with Gasteiger partial charge in [-0.25, -0.2) is 8.42 Å². The van der Waals surface area contributed by atoms with E-state index >= 15 is 0 Å². The predicted octanol–water partition coefficient (Wildman–Crippen LogP) is 2.94. The smallest absolute Gasteiger partial charge is 0.241 e. The Labute approximate surface area is 178 Å². The summed E-state index contributed by atoms with van der Waals surface area (Å²) in [5.41, 5.74) is 2.58. The maximum atomic E-state index is 12.6. The average molecular weight is 432 g/mol. The van der Waals surface area contributed by atoms with Crippen LogP contribution in [0, 0.1) is 0 Å². The molecule has 2 aromatic carbocycles. The Morgan fingerprint density at radius 2 is 1.70 bits per heavy atom. The number of nitrogens with zero attached hydrogens (tertiary/aromatic N) is 2. The van der Waals surface area contributed by atoms with E-state index in [0.717, 1.165) is 29.2 Å². The van der Waals surface area contributed by atoms with Crippen LogP contribution in [0.15, 0.2) is 48.5 Å². The van der Waals surface area contributed by atoms with Gasteiger partial charge in [-0.1, -0.05) is 12.1 Å². The number of benzene rings is 2. The third kappa shape index (κ3) is 5.44. The van der Waals surface area contributed by atoms with Crippen molar-refractivity contribution in [3.8, 4) is 5.75 Å². The van der Waals surface area contributed by atoms with Crippen LogP contribution in [0.3, 0.4) is 0 Å². The minimum Gasteiger partial charge on any atom is -0.497 e. The highest BCUT2D eigenvalue weighted by Crippen LogP contribution is 2.24. The van der Waals surface area contributed by atoms with Crippen LogP contribution in [-0.4, -0.2) is 47.3 Å². The minimum absolute atomic E-state index is 0.234. The molecule has 1 amide bonds. The molecule has 0 aliphatic carbocycles. The maximum absolute atomic E-state index is 12.6. The molecule has 30 heavy (non-hydrogen) atoms. The van der Waals surface area contributed by atoms with E-state index in [1.54, 1.807) is 24.3 Å². The van der Waals surface area contributed by atoms with Crippen molar-refractivity contribution in [3.05, 3.63) is 54.1 Å². The van der Waals surface area contributed by atoms with E-state index in [1.165, 1.54) is 25.6 Å². The summed E-state index contributed by atoms with van der Waals surface area (Å²) in [7, 11) is -2.08. The molecule has 1 aliphatic rings. The number of nitrogens with one attached hydrogen (secondary N) is 1. The van der Waals surface area contributed by atoms with Crippen LogP contribution in [0.4, 0.5) is 11.4 Å². The van der Waals surface area contributed by atoms with Crippen LogP contribution in [0.5, 0.6) is 5.75 Å². The fourth-order valence-electron chi connectivity index (χ4n) is 3.60. The summed E-state index contributed by atoms with van der Waals surface area (Å²) in [6.45, 7) is 3.76. The van der Waals surface area contributed by atoms with Crippen molar-refractivity contribution < 1.29 is 17.9 Å². The fraction of sp³-hybridized carbons (Fsp3) is 0.409. The summed E-state index contributed by atoms with van der Waals surface area (Å²) in [6.07, 6.45) is 3.53. The van der Waals surface area contributed by atoms with Crippen LogP contribution >= 0.6 is 0 Å². The number of carbonyl (C=O) groups is 1. The highest BCUT2D eigenvalue weighted by Gasteiger charge is 2.22. The normalized spacial score (nSPS) is 15.0. The minimum atomic E-state index is -3.62. The zero-order valence-corrected chi connectivity index (χ0v) is 18.5. The molecule has 8 heteroatoms. The number of rotatable bonds is 8. The van der Waals surface area contributed by atoms with E-state index in [1.807, 2.05) is 19.1 Å². The maximum Gasteiger partial charge on any atom is 0.241 e. The van der Waals surface area contributed by atoms with Gasteiger partial charge in [-0.05, 0) is 61.7 Å². The van der Waals surface area contributed by atoms with Gasteiger partial charge in [-0.15, -0.1) is 0 Å². The molecule has 1 fully saturated rings. The number of sulfonamides is 1. The van der Waals surface area contributed by atoms with Crippen LogP contribution in [0.2, 0.25) is 0 Å². The van der Waals surface area contributed by atoms with Gasteiger partial charge in [0.2, 0.25) is 15.9 Å². The third-order valence-electron chi connectivity index (χ3n) is 5.29. The van der Waals surface area contributed by atoms with Crippen molar-refractivity contribution in [3.63, 3.8) is 0 Å². The first-order chi connectivity index (χ1) is 14.3. The molecule has 0 spiro atoms. The summed E-state index contributed by atoms with van der Waals surface area (Å²) in [5, 5.41) is 2.90. The van der Waals surface area contributed by atoms with E-state index in [-0.39, 0.29) is 18.5 Å². The Bertz CT molecular complexity index is 953. The molecule has 0 radical (unpaired) electrons. The fourth-order valence-corrected chi connectivity index (χ4v) is 4.45. The summed E-state index contributed by atoms with van der Waals surface area (Å²) < 4.78 is 30.7. The van der Waals surface area contributed by atoms with Gasteiger partial charge in [0.15, 0.2) is 0 Å². The molecule has 1 unspecified atom stereocenters. The number of amides is 1. The number of methoxy groups -OCH3 is 1. The van der Waals surface area contributed by atoms with Gasteiger partial charge in [0.05, 0.1) is 25.1 Å². The van der Waals surface area contributed by atoms with Crippen molar-refractivity contribution in [1.29, 1.82) is 0 Å². The van der Waals surface area contributed by atoms with Crippen molar-refractivity contribution in [2.24, 2.45) is 0 Å². The first-order valence-corrected chi connectivity index (χ1v) is 11.9. The molecule has 1 N–H and O–H groups in total. The lowest BCUT2D eigenvalue weighted by molar-refractivity contribution is -0.120. The Morgan fingerprint density at radius 1 is 1.10 bits per heavy atom. The van der Waals surface area contributed by atoms with Gasteiger partial charge in [-0.2, -0.15) is 0 Å². The van der Waals surface area contributed by atoms with E-state index in [0.29, 0.717) is 11.4 Å². The monoisotopic (exact) mass is 431 g/mol. The Morgan fingerprint density at radius 3 is 2.23 bits per heavy atom. The Hall–Kier alpha value is -2.74. The summed E-state index contributed by atoms with van der Waals surface area (Å²) in [6, 6.07) is 14.5. The van der Waals surface area contributed by atoms with E-state index in [4.69, 9.17) is 4.74 Å². The van der Waals surface area contributed by atoms with Crippen molar-refractivity contribution in [1.82, 2.24) is 5.32 Å². The van der Waals surface area contributed by atoms with Gasteiger partial charge in [0.25, 0.3) is 0 Å². The summed E-state index contributed by atoms with van der Waals surface area (Å²) >= 11 is 0. The van der Waals surface area contributed by atoms with Crippen LogP contribution in [0.25, 0.3) is 0 Å². The Balaban J connectivity index is 1.65. The molecular formula is C22H29N3O4S. The molecule has 0 aromatic heterocycles. The number of ether oxygens (including phenoxy) is 1. The second kappa shape index (κ2) is 9.38. The van der Waals surface area contributed by atoms with Gasteiger partial charge in [0.1, 0.15) is 12.3 Å². The largest absolute Gasteiger partial charge is 0.497 e. The lowest BCUT2D eigenvalue weighted by Crippen LogP contribution is -2.41. The molecule has 0 saturated carbocycles. The molecular weight excluding hydrogens is 402 g/mol. The second-order valence-electron chi connectivity index (χ2n) is 7.54. The number of hydrogen-bond acceptors (Lipinski definition) is 5. The van der Waals surface area contributed by atoms with Crippen LogP contribution in [-0.2, 0) is 14.8 Å². The van der Waals surface area contributed by atoms with Crippen molar-refractivity contribution in [2.45, 2.75) is 25.8 Å². The Kier molecular flexibility index (Phi) is 6.87. The third-order valence-corrected chi connectivity index (χ3v) is 6.43. The van der Waals surface area contributed by atoms with Crippen molar-refractivity contribution in [2.75, 3.05) is 42.2 Å². The van der Waals surface area contributed by atoms with E-state index < -0.39 is 10.0 Å². The lowest BCUT2D eigenvalue weighted by Gasteiger charge is -2.24. The van der Waals surface area contributed by atoms with Gasteiger partial charge in [0, 0.05) is 18.8 Å². The number of carbonyl (C=O) groups excluding carboxylic acids is 1. The zero-order valence-electron chi connectivity index (χ0n) is 17.7. The molecule has 7 nitrogen and oxygen atoms in total. The highest BCUT2D eigenvalue weighted by atomic mass is 32.2. The van der Waals surface area contributed by atoms with Gasteiger partial charge >= 0.3 is 0 Å². The molecule has 162 valence electrons. The molecule has 3 rings (SSSR count). The predicted molar refractivity (Wildman–Crippen MR) is 120 cm³/mol. The quantitative estimate of drug-likeness (QED) is 0.695. The molecule has 0 bridgehead atoms. The van der Waals surface area contributed by atoms with E-state index in [2.05, 4.69) is 22.3 Å². The molecule has 1 saturated heterocycles. The first-order valence-electron chi connectivity index (χ1n) is 10.0. The van der Waals surface area contributed by atoms with Crippen molar-refractivity contribution >= 4 is 27.3 Å². The van der Waals surface area contributed by atoms with Crippen LogP contribution in [0.1, 0.15) is 31.4 Å². The van der Waals surface area contributed by atoms with Gasteiger partial charge < -0.3 is 15.0 Å². The summed E-state index contributed by atoms with van der Waals surface area (Å²) in [5.74, 6) is 0.245. The molecule has 1 atom stereocenters. The molecule has 1 aliphatic heterocycles. The second-order valence-corrected chi connectivity index (χ2v) is 9.45. The van der Waals surface area contributed by atoms with Crippen LogP contribution < -0.4 is 19.3 Å². The lowest BCUT2D eigenvalue weighted by atomic mass is 10.1.